The van der Waals surface area contributed by atoms with Crippen LogP contribution in [0.4, 0.5) is 5.69 Å². The topological polar surface area (TPSA) is 90.0 Å². The van der Waals surface area contributed by atoms with Crippen molar-refractivity contribution in [3.05, 3.63) is 79.5 Å². The zero-order valence-corrected chi connectivity index (χ0v) is 18.7. The highest BCUT2D eigenvalue weighted by molar-refractivity contribution is 7.18. The van der Waals surface area contributed by atoms with E-state index in [1.807, 2.05) is 0 Å². The molecular weight excluding hydrogens is 477 g/mol. The summed E-state index contributed by atoms with van der Waals surface area (Å²) in [5.41, 5.74) is 0.511. The Kier molecular flexibility index (Phi) is 6.01. The lowest BCUT2D eigenvalue weighted by atomic mass is 10.1. The maximum absolute atomic E-state index is 12.8. The number of anilines is 1. The van der Waals surface area contributed by atoms with Crippen molar-refractivity contribution >= 4 is 63.8 Å². The number of hydrogen-bond donors (Lipinski definition) is 0. The lowest BCUT2D eigenvalue weighted by Crippen LogP contribution is -2.29. The molecule has 0 radical (unpaired) electrons. The van der Waals surface area contributed by atoms with Gasteiger partial charge in [-0.3, -0.25) is 14.4 Å². The van der Waals surface area contributed by atoms with Crippen molar-refractivity contribution in [1.29, 1.82) is 0 Å². The Morgan fingerprint density at radius 3 is 2.22 bits per heavy atom. The van der Waals surface area contributed by atoms with Crippen molar-refractivity contribution in [2.24, 2.45) is 0 Å². The van der Waals surface area contributed by atoms with Gasteiger partial charge < -0.3 is 9.47 Å². The Morgan fingerprint density at radius 1 is 1.00 bits per heavy atom. The molecule has 0 saturated heterocycles. The highest BCUT2D eigenvalue weighted by Crippen LogP contribution is 2.38. The number of ketones is 1. The molecule has 0 bridgehead atoms. The molecular formula is C22H13Cl2NO6S. The second-order valence-corrected chi connectivity index (χ2v) is 8.72. The maximum Gasteiger partial charge on any atom is 0.342 e. The maximum atomic E-state index is 12.8. The van der Waals surface area contributed by atoms with Gasteiger partial charge in [0.05, 0.1) is 38.2 Å². The fraction of sp³-hybridized carbons (Fsp3) is 0.0909. The molecule has 0 aliphatic carbocycles. The minimum atomic E-state index is -0.853. The highest BCUT2D eigenvalue weighted by Gasteiger charge is 2.38. The monoisotopic (exact) mass is 489 g/mol. The van der Waals surface area contributed by atoms with Crippen molar-refractivity contribution in [3.63, 3.8) is 0 Å². The largest absolute Gasteiger partial charge is 0.496 e. The molecule has 1 aromatic heterocycles. The average molecular weight is 490 g/mol. The van der Waals surface area contributed by atoms with E-state index in [-0.39, 0.29) is 33.1 Å². The van der Waals surface area contributed by atoms with Gasteiger partial charge in [0.2, 0.25) is 5.78 Å². The molecule has 2 aromatic carbocycles. The van der Waals surface area contributed by atoms with Gasteiger partial charge in [0.15, 0.2) is 6.61 Å². The van der Waals surface area contributed by atoms with Gasteiger partial charge >= 0.3 is 5.97 Å². The number of carbonyl (C=O) groups is 4. The van der Waals surface area contributed by atoms with E-state index in [1.54, 1.807) is 30.3 Å². The van der Waals surface area contributed by atoms with Crippen LogP contribution in [-0.4, -0.2) is 37.3 Å². The minimum Gasteiger partial charge on any atom is -0.496 e. The zero-order chi connectivity index (χ0) is 23.0. The summed E-state index contributed by atoms with van der Waals surface area (Å²) in [6.07, 6.45) is 0. The van der Waals surface area contributed by atoms with Gasteiger partial charge in [-0.2, -0.15) is 0 Å². The molecule has 32 heavy (non-hydrogen) atoms. The van der Waals surface area contributed by atoms with Crippen LogP contribution in [-0.2, 0) is 4.74 Å². The summed E-state index contributed by atoms with van der Waals surface area (Å²) in [5, 5.41) is -0.0383. The third-order valence-corrected chi connectivity index (χ3v) is 6.28. The number of amides is 2. The predicted molar refractivity (Wildman–Crippen MR) is 120 cm³/mol. The van der Waals surface area contributed by atoms with Crippen molar-refractivity contribution in [1.82, 2.24) is 0 Å². The SMILES string of the molecule is COc1cc(N2C(=O)c3ccccc3C2=O)c(Cl)cc1C(=O)OCC(=O)c1ccc(Cl)s1. The normalized spacial score (nSPS) is 12.7. The number of nitrogens with zero attached hydrogens (tertiary/aromatic N) is 1. The molecule has 0 fully saturated rings. The summed E-state index contributed by atoms with van der Waals surface area (Å²) in [6.45, 7) is -0.503. The first-order valence-electron chi connectivity index (χ1n) is 9.12. The molecule has 2 amide bonds. The van der Waals surface area contributed by atoms with Crippen molar-refractivity contribution in [3.8, 4) is 5.75 Å². The van der Waals surface area contributed by atoms with Crippen molar-refractivity contribution in [2.45, 2.75) is 0 Å². The number of Topliss-reactive ketones (excluding diaryl/α,β-unsaturated/α-hetero) is 1. The van der Waals surface area contributed by atoms with Crippen LogP contribution in [0.1, 0.15) is 40.7 Å². The number of imide groups is 1. The first-order valence-corrected chi connectivity index (χ1v) is 10.7. The van der Waals surface area contributed by atoms with Gasteiger partial charge in [-0.1, -0.05) is 35.3 Å². The van der Waals surface area contributed by atoms with Crippen LogP contribution in [0.2, 0.25) is 9.36 Å². The number of fused-ring (bicyclic) bond motifs is 1. The summed E-state index contributed by atoms with van der Waals surface area (Å²) < 4.78 is 10.8. The number of esters is 1. The Balaban J connectivity index is 1.59. The summed E-state index contributed by atoms with van der Waals surface area (Å²) in [4.78, 5) is 51.5. The minimum absolute atomic E-state index is 0.0255. The molecule has 2 heterocycles. The van der Waals surface area contributed by atoms with E-state index >= 15 is 0 Å². The van der Waals surface area contributed by atoms with Crippen LogP contribution in [0.3, 0.4) is 0 Å². The van der Waals surface area contributed by atoms with Gasteiger partial charge in [0.1, 0.15) is 11.3 Å². The third kappa shape index (κ3) is 3.88. The second kappa shape index (κ2) is 8.74. The third-order valence-electron chi connectivity index (χ3n) is 4.71. The standard InChI is InChI=1S/C22H13Cl2NO6S/c1-30-17-9-15(25-20(27)11-4-2-3-5-12(11)21(25)28)14(23)8-13(17)22(29)31-10-16(26)18-6-7-19(24)32-18/h2-9H,10H2,1H3. The first-order chi connectivity index (χ1) is 15.3. The second-order valence-electron chi connectivity index (χ2n) is 6.60. The van der Waals surface area contributed by atoms with Gasteiger partial charge in [-0.05, 0) is 30.3 Å². The number of methoxy groups -OCH3 is 1. The van der Waals surface area contributed by atoms with Gasteiger partial charge in [0, 0.05) is 6.07 Å². The van der Waals surface area contributed by atoms with Crippen LogP contribution in [0, 0.1) is 0 Å². The van der Waals surface area contributed by atoms with Gasteiger partial charge in [-0.15, -0.1) is 11.3 Å². The number of hydrogen-bond acceptors (Lipinski definition) is 7. The number of rotatable bonds is 6. The van der Waals surface area contributed by atoms with E-state index in [1.165, 1.54) is 25.3 Å². The molecule has 0 saturated carbocycles. The van der Waals surface area contributed by atoms with E-state index in [0.717, 1.165) is 16.2 Å². The molecule has 3 aromatic rings. The summed E-state index contributed by atoms with van der Waals surface area (Å²) in [5.74, 6) is -2.32. The van der Waals surface area contributed by atoms with E-state index in [2.05, 4.69) is 0 Å². The Bertz CT molecular complexity index is 1250. The number of carbonyl (C=O) groups excluding carboxylic acids is 4. The molecule has 7 nitrogen and oxygen atoms in total. The lowest BCUT2D eigenvalue weighted by molar-refractivity contribution is 0.0472. The van der Waals surface area contributed by atoms with E-state index in [9.17, 15) is 19.2 Å². The Hall–Kier alpha value is -3.20. The van der Waals surface area contributed by atoms with Crippen molar-refractivity contribution in [2.75, 3.05) is 18.6 Å². The predicted octanol–water partition coefficient (Wildman–Crippen LogP) is 4.90. The number of ether oxygens (including phenoxy) is 2. The van der Waals surface area contributed by atoms with Crippen LogP contribution in [0.15, 0.2) is 48.5 Å². The molecule has 0 spiro atoms. The average Bonchev–Trinajstić information content (AvgIpc) is 3.33. The molecule has 1 aliphatic rings. The smallest absolute Gasteiger partial charge is 0.342 e. The van der Waals surface area contributed by atoms with Crippen LogP contribution >= 0.6 is 34.5 Å². The molecule has 1 aliphatic heterocycles. The molecule has 10 heteroatoms. The number of halogens is 2. The lowest BCUT2D eigenvalue weighted by Gasteiger charge is -2.18. The van der Waals surface area contributed by atoms with E-state index in [0.29, 0.717) is 9.21 Å². The van der Waals surface area contributed by atoms with Crippen molar-refractivity contribution < 1.29 is 28.7 Å². The van der Waals surface area contributed by atoms with E-state index in [4.69, 9.17) is 32.7 Å². The number of benzene rings is 2. The summed E-state index contributed by atoms with van der Waals surface area (Å²) in [7, 11) is 1.31. The Morgan fingerprint density at radius 2 is 1.66 bits per heavy atom. The van der Waals surface area contributed by atoms with E-state index < -0.39 is 30.2 Å². The van der Waals surface area contributed by atoms with Crippen LogP contribution in [0.25, 0.3) is 0 Å². The Labute approximate surface area is 196 Å². The fourth-order valence-electron chi connectivity index (χ4n) is 3.19. The molecule has 0 atom stereocenters. The molecule has 162 valence electrons. The first kappa shape index (κ1) is 22.0. The summed E-state index contributed by atoms with van der Waals surface area (Å²) >= 11 is 13.2. The van der Waals surface area contributed by atoms with Gasteiger partial charge in [0.25, 0.3) is 11.8 Å². The van der Waals surface area contributed by atoms with Crippen LogP contribution in [0.5, 0.6) is 5.75 Å². The zero-order valence-electron chi connectivity index (χ0n) is 16.4. The highest BCUT2D eigenvalue weighted by atomic mass is 35.5. The molecule has 0 N–H and O–H groups in total. The number of thiophene rings is 1. The molecule has 0 unspecified atom stereocenters. The quantitative estimate of drug-likeness (QED) is 0.277. The summed E-state index contributed by atoms with van der Waals surface area (Å²) in [6, 6.07) is 12.0. The van der Waals surface area contributed by atoms with Gasteiger partial charge in [-0.25, -0.2) is 9.69 Å². The molecule has 4 rings (SSSR count). The van der Waals surface area contributed by atoms with Crippen LogP contribution < -0.4 is 9.64 Å². The fourth-order valence-corrected chi connectivity index (χ4v) is 4.41.